The lowest BCUT2D eigenvalue weighted by Gasteiger charge is -2.09. The van der Waals surface area contributed by atoms with Gasteiger partial charge in [-0.1, -0.05) is 12.1 Å². The van der Waals surface area contributed by atoms with E-state index in [1.54, 1.807) is 0 Å². The van der Waals surface area contributed by atoms with Gasteiger partial charge in [0, 0.05) is 18.4 Å². The normalized spacial score (nSPS) is 9.83. The molecule has 1 N–H and O–H groups in total. The van der Waals surface area contributed by atoms with Crippen LogP contribution < -0.4 is 5.32 Å². The minimum Gasteiger partial charge on any atom is -0.380 e. The van der Waals surface area contributed by atoms with Crippen molar-refractivity contribution < 1.29 is 0 Å². The van der Waals surface area contributed by atoms with Crippen LogP contribution in [0.15, 0.2) is 36.5 Å². The molecular weight excluding hydrogens is 222 g/mol. The van der Waals surface area contributed by atoms with Gasteiger partial charge in [0.1, 0.15) is 6.07 Å². The third-order valence-corrected chi connectivity index (χ3v) is 2.75. The molecule has 0 aliphatic carbocycles. The van der Waals surface area contributed by atoms with E-state index in [0.29, 0.717) is 12.1 Å². The van der Waals surface area contributed by atoms with Crippen molar-refractivity contribution in [1.82, 2.24) is 4.98 Å². The zero-order valence-electron chi connectivity index (χ0n) is 10.6. The molecule has 2 rings (SSSR count). The first-order valence-corrected chi connectivity index (χ1v) is 5.85. The van der Waals surface area contributed by atoms with Crippen LogP contribution in [0.4, 0.5) is 5.69 Å². The lowest BCUT2D eigenvalue weighted by Crippen LogP contribution is -2.02. The van der Waals surface area contributed by atoms with Crippen LogP contribution in [0.1, 0.15) is 22.4 Å². The molecule has 90 valence electrons. The molecule has 0 saturated carbocycles. The highest BCUT2D eigenvalue weighted by Gasteiger charge is 2.02. The lowest BCUT2D eigenvalue weighted by atomic mass is 10.1. The summed E-state index contributed by atoms with van der Waals surface area (Å²) < 4.78 is 0. The summed E-state index contributed by atoms with van der Waals surface area (Å²) in [6.07, 6.45) is 1.85. The molecule has 3 nitrogen and oxygen atoms in total. The molecule has 0 bridgehead atoms. The highest BCUT2D eigenvalue weighted by Crippen LogP contribution is 2.17. The Labute approximate surface area is 107 Å². The molecule has 0 radical (unpaired) electrons. The number of hydrogen-bond acceptors (Lipinski definition) is 3. The zero-order chi connectivity index (χ0) is 13.0. The summed E-state index contributed by atoms with van der Waals surface area (Å²) in [5.74, 6) is 0. The van der Waals surface area contributed by atoms with E-state index < -0.39 is 0 Å². The summed E-state index contributed by atoms with van der Waals surface area (Å²) in [6, 6.07) is 12.0. The molecule has 0 amide bonds. The second kappa shape index (κ2) is 5.33. The fraction of sp³-hybridized carbons (Fsp3) is 0.200. The van der Waals surface area contributed by atoms with Crippen molar-refractivity contribution in [2.75, 3.05) is 5.32 Å². The highest BCUT2D eigenvalue weighted by atomic mass is 14.9. The van der Waals surface area contributed by atoms with E-state index in [9.17, 15) is 0 Å². The fourth-order valence-electron chi connectivity index (χ4n) is 1.70. The summed E-state index contributed by atoms with van der Waals surface area (Å²) in [6.45, 7) is 4.65. The first kappa shape index (κ1) is 12.1. The topological polar surface area (TPSA) is 48.7 Å². The molecule has 18 heavy (non-hydrogen) atoms. The number of nitriles is 1. The van der Waals surface area contributed by atoms with Gasteiger partial charge in [-0.25, -0.2) is 0 Å². The maximum atomic E-state index is 9.04. The molecule has 0 saturated heterocycles. The Morgan fingerprint density at radius 3 is 2.72 bits per heavy atom. The van der Waals surface area contributed by atoms with Crippen LogP contribution in [0.25, 0.3) is 0 Å². The average Bonchev–Trinajstić information content (AvgIpc) is 2.38. The molecular formula is C15H15N3. The van der Waals surface area contributed by atoms with Crippen LogP contribution in [-0.2, 0) is 6.54 Å². The highest BCUT2D eigenvalue weighted by molar-refractivity contribution is 5.58. The zero-order valence-corrected chi connectivity index (χ0v) is 10.6. The van der Waals surface area contributed by atoms with Crippen molar-refractivity contribution in [3.05, 3.63) is 58.9 Å². The molecule has 1 aromatic heterocycles. The van der Waals surface area contributed by atoms with Gasteiger partial charge in [0.05, 0.1) is 11.3 Å². The summed E-state index contributed by atoms with van der Waals surface area (Å²) in [4.78, 5) is 4.25. The van der Waals surface area contributed by atoms with Crippen LogP contribution in [-0.4, -0.2) is 4.98 Å². The Morgan fingerprint density at radius 2 is 2.06 bits per heavy atom. The van der Waals surface area contributed by atoms with Crippen molar-refractivity contribution in [1.29, 1.82) is 5.26 Å². The van der Waals surface area contributed by atoms with Gasteiger partial charge in [-0.05, 0) is 43.2 Å². The number of benzene rings is 1. The third-order valence-electron chi connectivity index (χ3n) is 2.75. The summed E-state index contributed by atoms with van der Waals surface area (Å²) >= 11 is 0. The number of nitrogens with one attached hydrogen (secondary N) is 1. The van der Waals surface area contributed by atoms with E-state index in [2.05, 4.69) is 16.4 Å². The molecule has 1 aromatic carbocycles. The Morgan fingerprint density at radius 1 is 1.22 bits per heavy atom. The Bertz CT molecular complexity index is 580. The molecule has 0 atom stereocenters. The van der Waals surface area contributed by atoms with Gasteiger partial charge in [-0.3, -0.25) is 4.98 Å². The smallest absolute Gasteiger partial charge is 0.101 e. The van der Waals surface area contributed by atoms with Crippen molar-refractivity contribution in [3.63, 3.8) is 0 Å². The number of pyridine rings is 1. The van der Waals surface area contributed by atoms with Gasteiger partial charge in [0.2, 0.25) is 0 Å². The number of anilines is 1. The van der Waals surface area contributed by atoms with Crippen LogP contribution in [0.2, 0.25) is 0 Å². The number of aromatic nitrogens is 1. The third kappa shape index (κ3) is 2.86. The van der Waals surface area contributed by atoms with Crippen LogP contribution in [0, 0.1) is 25.2 Å². The molecule has 0 aliphatic rings. The van der Waals surface area contributed by atoms with E-state index >= 15 is 0 Å². The van der Waals surface area contributed by atoms with Crippen molar-refractivity contribution in [2.24, 2.45) is 0 Å². The molecule has 2 aromatic rings. The van der Waals surface area contributed by atoms with Crippen LogP contribution in [0.5, 0.6) is 0 Å². The summed E-state index contributed by atoms with van der Waals surface area (Å²) in [5.41, 5.74) is 4.79. The van der Waals surface area contributed by atoms with E-state index in [-0.39, 0.29) is 0 Å². The standard InChI is InChI=1S/C15H15N3/c1-11-3-6-14(8-16)15(7-11)18-10-13-5-4-12(2)17-9-13/h3-7,9,18H,10H2,1-2H3. The van der Waals surface area contributed by atoms with Gasteiger partial charge in [-0.15, -0.1) is 0 Å². The quantitative estimate of drug-likeness (QED) is 0.891. The minimum atomic E-state index is 0.667. The van der Waals surface area contributed by atoms with E-state index in [1.165, 1.54) is 0 Å². The number of aryl methyl sites for hydroxylation is 2. The number of hydrogen-bond donors (Lipinski definition) is 1. The Balaban J connectivity index is 2.13. The number of nitrogens with zero attached hydrogens (tertiary/aromatic N) is 2. The SMILES string of the molecule is Cc1ccc(C#N)c(NCc2ccc(C)nc2)c1. The fourth-order valence-corrected chi connectivity index (χ4v) is 1.70. The summed E-state index contributed by atoms with van der Waals surface area (Å²) in [5, 5.41) is 12.3. The average molecular weight is 237 g/mol. The molecule has 0 spiro atoms. The number of rotatable bonds is 3. The first-order valence-electron chi connectivity index (χ1n) is 5.85. The maximum Gasteiger partial charge on any atom is 0.101 e. The summed E-state index contributed by atoms with van der Waals surface area (Å²) in [7, 11) is 0. The second-order valence-electron chi connectivity index (χ2n) is 4.32. The van der Waals surface area contributed by atoms with Gasteiger partial charge < -0.3 is 5.32 Å². The van der Waals surface area contributed by atoms with Gasteiger partial charge in [-0.2, -0.15) is 5.26 Å². The van der Waals surface area contributed by atoms with E-state index in [4.69, 9.17) is 5.26 Å². The van der Waals surface area contributed by atoms with Gasteiger partial charge in [0.15, 0.2) is 0 Å². The van der Waals surface area contributed by atoms with E-state index in [0.717, 1.165) is 22.5 Å². The van der Waals surface area contributed by atoms with Crippen molar-refractivity contribution in [2.45, 2.75) is 20.4 Å². The molecule has 3 heteroatoms. The van der Waals surface area contributed by atoms with Crippen molar-refractivity contribution >= 4 is 5.69 Å². The molecule has 1 heterocycles. The predicted octanol–water partition coefficient (Wildman–Crippen LogP) is 3.18. The Hall–Kier alpha value is -2.34. The monoisotopic (exact) mass is 237 g/mol. The van der Waals surface area contributed by atoms with Gasteiger partial charge >= 0.3 is 0 Å². The largest absolute Gasteiger partial charge is 0.380 e. The minimum absolute atomic E-state index is 0.667. The molecule has 0 aliphatic heterocycles. The first-order chi connectivity index (χ1) is 8.69. The van der Waals surface area contributed by atoms with Gasteiger partial charge in [0.25, 0.3) is 0 Å². The molecule has 0 unspecified atom stereocenters. The maximum absolute atomic E-state index is 9.04. The second-order valence-corrected chi connectivity index (χ2v) is 4.32. The van der Waals surface area contributed by atoms with Crippen LogP contribution >= 0.6 is 0 Å². The van der Waals surface area contributed by atoms with E-state index in [1.807, 2.05) is 50.4 Å². The molecule has 0 fully saturated rings. The van der Waals surface area contributed by atoms with Crippen LogP contribution in [0.3, 0.4) is 0 Å². The van der Waals surface area contributed by atoms with Crippen molar-refractivity contribution in [3.8, 4) is 6.07 Å². The predicted molar refractivity (Wildman–Crippen MR) is 72.2 cm³/mol. The Kier molecular flexibility index (Phi) is 3.59. The lowest BCUT2D eigenvalue weighted by molar-refractivity contribution is 1.08.